The molecular formula is C31H53N3O6S. The molecular weight excluding hydrogens is 542 g/mol. The van der Waals surface area contributed by atoms with E-state index in [9.17, 15) is 24.9 Å². The SMILES string of the molecule is CSc1cc(/C=C(\C)[C@@H]2C[C@H](C)[C@](C)(NCCO)CCC[C@H](C)[C@H](O)[C@@H](C)C(=O)C(C)(C)[C@@H](O)CC(=O)O2)nn1C. The second-order valence-corrected chi connectivity index (χ2v) is 13.6. The number of aliphatic hydroxyl groups excluding tert-OH is 3. The number of hydrogen-bond donors (Lipinski definition) is 4. The molecule has 9 nitrogen and oxygen atoms in total. The molecule has 1 aliphatic heterocycles. The van der Waals surface area contributed by atoms with E-state index in [4.69, 9.17) is 4.74 Å². The van der Waals surface area contributed by atoms with Crippen molar-refractivity contribution < 1.29 is 29.6 Å². The Morgan fingerprint density at radius 1 is 1.24 bits per heavy atom. The Hall–Kier alpha value is -1.72. The van der Waals surface area contributed by atoms with Crippen LogP contribution in [0.3, 0.4) is 0 Å². The van der Waals surface area contributed by atoms with Crippen molar-refractivity contribution in [2.45, 2.75) is 109 Å². The topological polar surface area (TPSA) is 134 Å². The minimum atomic E-state index is -1.26. The summed E-state index contributed by atoms with van der Waals surface area (Å²) in [5.41, 5.74) is -0.0229. The van der Waals surface area contributed by atoms with E-state index < -0.39 is 35.6 Å². The number of cyclic esters (lactones) is 1. The van der Waals surface area contributed by atoms with Crippen LogP contribution in [0.25, 0.3) is 6.08 Å². The summed E-state index contributed by atoms with van der Waals surface area (Å²) in [6.45, 7) is 13.5. The molecule has 7 atom stereocenters. The Balaban J connectivity index is 2.49. The van der Waals surface area contributed by atoms with Crippen LogP contribution in [-0.2, 0) is 21.4 Å². The van der Waals surface area contributed by atoms with Crippen LogP contribution in [0.2, 0.25) is 0 Å². The molecule has 1 aromatic heterocycles. The number of ketones is 1. The van der Waals surface area contributed by atoms with E-state index in [2.05, 4.69) is 24.3 Å². The quantitative estimate of drug-likeness (QED) is 0.285. The molecule has 2 heterocycles. The van der Waals surface area contributed by atoms with Gasteiger partial charge in [-0.05, 0) is 68.9 Å². The number of carbonyl (C=O) groups is 2. The Morgan fingerprint density at radius 2 is 1.90 bits per heavy atom. The number of Topliss-reactive ketones (excluding diaryl/α,β-unsaturated/α-hetero) is 1. The number of hydrogen-bond acceptors (Lipinski definition) is 9. The third-order valence-electron chi connectivity index (χ3n) is 9.21. The number of rotatable bonds is 6. The Morgan fingerprint density at radius 3 is 2.49 bits per heavy atom. The first kappa shape index (κ1) is 35.5. The number of β-amino-alcohol motifs (C(OH)–C–C–N with tert-alkyl or cyclic N) is 1. The van der Waals surface area contributed by atoms with Gasteiger partial charge in [0.2, 0.25) is 0 Å². The first-order valence-corrected chi connectivity index (χ1v) is 16.0. The first-order chi connectivity index (χ1) is 19.1. The lowest BCUT2D eigenvalue weighted by Crippen LogP contribution is -2.50. The molecule has 41 heavy (non-hydrogen) atoms. The van der Waals surface area contributed by atoms with E-state index in [1.165, 1.54) is 0 Å². The number of nitrogens with one attached hydrogen (secondary N) is 1. The second kappa shape index (κ2) is 15.1. The first-order valence-electron chi connectivity index (χ1n) is 14.8. The van der Waals surface area contributed by atoms with Crippen LogP contribution >= 0.6 is 11.8 Å². The minimum Gasteiger partial charge on any atom is -0.458 e. The maximum absolute atomic E-state index is 13.4. The molecule has 234 valence electrons. The molecule has 1 saturated heterocycles. The molecule has 1 aliphatic rings. The van der Waals surface area contributed by atoms with Crippen LogP contribution in [0.4, 0.5) is 0 Å². The molecule has 4 N–H and O–H groups in total. The van der Waals surface area contributed by atoms with Gasteiger partial charge < -0.3 is 25.4 Å². The van der Waals surface area contributed by atoms with E-state index >= 15 is 0 Å². The van der Waals surface area contributed by atoms with Crippen molar-refractivity contribution in [3.05, 3.63) is 17.3 Å². The van der Waals surface area contributed by atoms with Gasteiger partial charge in [-0.2, -0.15) is 5.10 Å². The van der Waals surface area contributed by atoms with Crippen LogP contribution in [0, 0.1) is 23.2 Å². The van der Waals surface area contributed by atoms with Crippen molar-refractivity contribution in [1.29, 1.82) is 0 Å². The summed E-state index contributed by atoms with van der Waals surface area (Å²) in [6.07, 6.45) is 3.68. The molecule has 0 aromatic carbocycles. The summed E-state index contributed by atoms with van der Waals surface area (Å²) in [5, 5.41) is 40.7. The number of aromatic nitrogens is 2. The Labute approximate surface area is 250 Å². The zero-order chi connectivity index (χ0) is 31.1. The summed E-state index contributed by atoms with van der Waals surface area (Å²) in [7, 11) is 1.89. The second-order valence-electron chi connectivity index (χ2n) is 12.8. The van der Waals surface area contributed by atoms with E-state index in [1.807, 2.05) is 44.0 Å². The summed E-state index contributed by atoms with van der Waals surface area (Å²) < 4.78 is 7.84. The van der Waals surface area contributed by atoms with Gasteiger partial charge in [-0.15, -0.1) is 11.8 Å². The number of ether oxygens (including phenoxy) is 1. The zero-order valence-corrected chi connectivity index (χ0v) is 27.3. The average molecular weight is 596 g/mol. The summed E-state index contributed by atoms with van der Waals surface area (Å²) >= 11 is 1.60. The van der Waals surface area contributed by atoms with Gasteiger partial charge in [0.25, 0.3) is 0 Å². The molecule has 0 amide bonds. The molecule has 1 fully saturated rings. The highest BCUT2D eigenvalue weighted by Gasteiger charge is 2.43. The molecule has 1 aromatic rings. The Kier molecular flexibility index (Phi) is 13.1. The van der Waals surface area contributed by atoms with Crippen molar-refractivity contribution in [1.82, 2.24) is 15.1 Å². The van der Waals surface area contributed by atoms with Gasteiger partial charge >= 0.3 is 5.97 Å². The highest BCUT2D eigenvalue weighted by Crippen LogP contribution is 2.35. The maximum atomic E-state index is 13.4. The fourth-order valence-electron chi connectivity index (χ4n) is 5.80. The van der Waals surface area contributed by atoms with Crippen LogP contribution in [0.1, 0.15) is 86.3 Å². The highest BCUT2D eigenvalue weighted by molar-refractivity contribution is 7.98. The van der Waals surface area contributed by atoms with Gasteiger partial charge in [0.15, 0.2) is 0 Å². The van der Waals surface area contributed by atoms with Gasteiger partial charge in [0.05, 0.1) is 41.4 Å². The summed E-state index contributed by atoms with van der Waals surface area (Å²) in [5.74, 6) is -1.65. The lowest BCUT2D eigenvalue weighted by atomic mass is 9.72. The van der Waals surface area contributed by atoms with Gasteiger partial charge in [0, 0.05) is 25.0 Å². The van der Waals surface area contributed by atoms with Crippen molar-refractivity contribution in [2.75, 3.05) is 19.4 Å². The molecule has 10 heteroatoms. The smallest absolute Gasteiger partial charge is 0.309 e. The van der Waals surface area contributed by atoms with Crippen LogP contribution in [0.15, 0.2) is 16.7 Å². The van der Waals surface area contributed by atoms with Crippen LogP contribution in [-0.4, -0.2) is 80.1 Å². The Bertz CT molecular complexity index is 1060. The predicted octanol–water partition coefficient (Wildman–Crippen LogP) is 3.99. The number of thioether (sulfide) groups is 1. The molecule has 0 aliphatic carbocycles. The van der Waals surface area contributed by atoms with Gasteiger partial charge in [-0.3, -0.25) is 14.3 Å². The lowest BCUT2D eigenvalue weighted by molar-refractivity contribution is -0.155. The highest BCUT2D eigenvalue weighted by atomic mass is 32.2. The molecule has 2 rings (SSSR count). The van der Waals surface area contributed by atoms with Gasteiger partial charge in [-0.1, -0.05) is 41.0 Å². The molecule has 0 unspecified atom stereocenters. The van der Waals surface area contributed by atoms with Crippen molar-refractivity contribution in [2.24, 2.45) is 30.2 Å². The predicted molar refractivity (Wildman–Crippen MR) is 163 cm³/mol. The monoisotopic (exact) mass is 595 g/mol. The number of carbonyl (C=O) groups excluding carboxylic acids is 2. The maximum Gasteiger partial charge on any atom is 0.309 e. The summed E-state index contributed by atoms with van der Waals surface area (Å²) in [6, 6.07) is 1.98. The average Bonchev–Trinajstić information content (AvgIpc) is 3.27. The fraction of sp³-hybridized carbons (Fsp3) is 0.774. The number of nitrogens with zero attached hydrogens (tertiary/aromatic N) is 2. The standard InChI is InChI=1S/C31H53N3O6S/c1-19-11-10-12-31(7,32-13-14-35)21(3)16-24(20(2)15-23-17-26(41-9)34(8)33-23)40-27(37)18-25(36)30(5,6)29(39)22(4)28(19)38/h15,17,19,21-22,24-25,28,32,35-36,38H,10-14,16,18H2,1-9H3/b20-15+/t19-,21-,22+,24-,25-,28-,31+/m0/s1. The fourth-order valence-corrected chi connectivity index (χ4v) is 6.34. The molecule has 0 bridgehead atoms. The molecule has 0 spiro atoms. The molecule has 0 radical (unpaired) electrons. The van der Waals surface area contributed by atoms with E-state index in [0.29, 0.717) is 13.0 Å². The summed E-state index contributed by atoms with van der Waals surface area (Å²) in [4.78, 5) is 26.7. The van der Waals surface area contributed by atoms with Crippen LogP contribution < -0.4 is 5.32 Å². The van der Waals surface area contributed by atoms with Crippen molar-refractivity contribution in [3.8, 4) is 0 Å². The number of aliphatic hydroxyl groups is 3. The van der Waals surface area contributed by atoms with Gasteiger partial charge in [-0.25, -0.2) is 0 Å². The third kappa shape index (κ3) is 9.13. The lowest BCUT2D eigenvalue weighted by Gasteiger charge is -2.40. The normalized spacial score (nSPS) is 33.0. The molecule has 0 saturated carbocycles. The minimum absolute atomic E-state index is 0.000474. The largest absolute Gasteiger partial charge is 0.458 e. The van der Waals surface area contributed by atoms with E-state index in [0.717, 1.165) is 35.6 Å². The number of esters is 1. The van der Waals surface area contributed by atoms with E-state index in [-0.39, 0.29) is 36.2 Å². The van der Waals surface area contributed by atoms with Crippen molar-refractivity contribution in [3.63, 3.8) is 0 Å². The zero-order valence-electron chi connectivity index (χ0n) is 26.4. The van der Waals surface area contributed by atoms with Gasteiger partial charge in [0.1, 0.15) is 11.9 Å². The van der Waals surface area contributed by atoms with Crippen molar-refractivity contribution >= 4 is 29.6 Å². The van der Waals surface area contributed by atoms with Crippen LogP contribution in [0.5, 0.6) is 0 Å². The van der Waals surface area contributed by atoms with E-state index in [1.54, 1.807) is 32.5 Å². The number of aryl methyl sites for hydroxylation is 1. The third-order valence-corrected chi connectivity index (χ3v) is 10.0.